The first-order valence-electron chi connectivity index (χ1n) is 12.0. The van der Waals surface area contributed by atoms with Gasteiger partial charge in [-0.2, -0.15) is 0 Å². The smallest absolute Gasteiger partial charge is 0.250 e. The summed E-state index contributed by atoms with van der Waals surface area (Å²) in [5.41, 5.74) is 2.69. The van der Waals surface area contributed by atoms with E-state index in [1.54, 1.807) is 27.2 Å². The molecule has 1 amide bonds. The zero-order valence-corrected chi connectivity index (χ0v) is 21.2. The number of benzene rings is 1. The molecule has 1 aromatic rings. The Morgan fingerprint density at radius 3 is 2.35 bits per heavy atom. The van der Waals surface area contributed by atoms with Crippen LogP contribution in [0.3, 0.4) is 0 Å². The minimum atomic E-state index is -0.825. The van der Waals surface area contributed by atoms with Crippen LogP contribution in [0.15, 0.2) is 41.5 Å². The normalized spacial score (nSPS) is 33.4. The molecule has 0 aliphatic carbocycles. The van der Waals surface area contributed by atoms with E-state index < -0.39 is 24.4 Å². The van der Waals surface area contributed by atoms with Crippen molar-refractivity contribution in [2.75, 3.05) is 19.5 Å². The van der Waals surface area contributed by atoms with Crippen LogP contribution in [0.1, 0.15) is 52.5 Å². The van der Waals surface area contributed by atoms with Gasteiger partial charge in [0.2, 0.25) is 0 Å². The maximum Gasteiger partial charge on any atom is 0.250 e. The molecule has 0 spiro atoms. The Balaban J connectivity index is 2.39. The van der Waals surface area contributed by atoms with Gasteiger partial charge in [-0.3, -0.25) is 4.79 Å². The Morgan fingerprint density at radius 2 is 1.71 bits per heavy atom. The maximum atomic E-state index is 12.7. The quantitative estimate of drug-likeness (QED) is 0.482. The van der Waals surface area contributed by atoms with E-state index in [4.69, 9.17) is 9.47 Å². The lowest BCUT2D eigenvalue weighted by Gasteiger charge is -2.29. The van der Waals surface area contributed by atoms with Crippen molar-refractivity contribution in [2.24, 2.45) is 11.8 Å². The third-order valence-electron chi connectivity index (χ3n) is 6.58. The van der Waals surface area contributed by atoms with Gasteiger partial charge in [-0.05, 0) is 68.7 Å². The molecule has 6 atom stereocenters. The molecular weight excluding hydrogens is 434 g/mol. The molecule has 0 unspecified atom stereocenters. The number of carbonyl (C=O) groups is 1. The van der Waals surface area contributed by atoms with Gasteiger partial charge in [-0.1, -0.05) is 26.0 Å². The first-order chi connectivity index (χ1) is 16.0. The molecule has 7 nitrogen and oxygen atoms in total. The zero-order valence-electron chi connectivity index (χ0n) is 21.2. The largest absolute Gasteiger partial charge is 0.508 e. The van der Waals surface area contributed by atoms with Gasteiger partial charge in [0.05, 0.1) is 18.3 Å². The first-order valence-corrected chi connectivity index (χ1v) is 12.0. The molecule has 1 aromatic carbocycles. The van der Waals surface area contributed by atoms with Gasteiger partial charge in [-0.15, -0.1) is 0 Å². The van der Waals surface area contributed by atoms with Crippen LogP contribution < -0.4 is 5.32 Å². The number of aliphatic hydroxyl groups is 2. The number of methoxy groups -OCH3 is 2. The van der Waals surface area contributed by atoms with Crippen molar-refractivity contribution >= 4 is 11.6 Å². The fourth-order valence-electron chi connectivity index (χ4n) is 4.56. The van der Waals surface area contributed by atoms with Crippen molar-refractivity contribution < 1.29 is 29.6 Å². The van der Waals surface area contributed by atoms with Crippen molar-refractivity contribution in [2.45, 2.75) is 77.8 Å². The summed E-state index contributed by atoms with van der Waals surface area (Å²) in [5, 5.41) is 34.9. The number of carbonyl (C=O) groups excluding carboxylic acids is 1. The second-order valence-electron chi connectivity index (χ2n) is 9.61. The lowest BCUT2D eigenvalue weighted by Crippen LogP contribution is -2.35. The summed E-state index contributed by atoms with van der Waals surface area (Å²) in [6.45, 7) is 7.55. The summed E-state index contributed by atoms with van der Waals surface area (Å²) in [4.78, 5) is 12.7. The standard InChI is InChI=1S/C27H41NO6/c1-16-10-20-13-21(15-22(29)14-20)28-27(32)17(2)8-7-9-23(33-5)25(30)18(3)12-19(4)26(31)24(11-16)34-6/h8,12-16,19,23-26,29-31H,7,9-11H2,1-6H3,(H,28,32)/b17-8-,18-12-/t16-,19+,23+,24+,25-,26-/m1/s1. The number of nitrogens with one attached hydrogen (secondary N) is 1. The molecule has 4 N–H and O–H groups in total. The summed E-state index contributed by atoms with van der Waals surface area (Å²) in [5.74, 6) is -0.247. The van der Waals surface area contributed by atoms with E-state index in [1.165, 1.54) is 6.07 Å². The van der Waals surface area contributed by atoms with E-state index in [0.29, 0.717) is 36.9 Å². The third kappa shape index (κ3) is 7.94. The van der Waals surface area contributed by atoms with Gasteiger partial charge < -0.3 is 30.1 Å². The van der Waals surface area contributed by atoms with Gasteiger partial charge in [0.25, 0.3) is 5.91 Å². The second-order valence-corrected chi connectivity index (χ2v) is 9.61. The van der Waals surface area contributed by atoms with E-state index >= 15 is 0 Å². The molecule has 1 aliphatic heterocycles. The lowest BCUT2D eigenvalue weighted by atomic mass is 9.88. The van der Waals surface area contributed by atoms with Crippen LogP contribution in [0.4, 0.5) is 5.69 Å². The van der Waals surface area contributed by atoms with E-state index in [2.05, 4.69) is 12.2 Å². The number of fused-ring (bicyclic) bond motifs is 2. The van der Waals surface area contributed by atoms with Crippen LogP contribution in [-0.4, -0.2) is 59.9 Å². The van der Waals surface area contributed by atoms with Crippen LogP contribution in [0.25, 0.3) is 0 Å². The molecule has 2 rings (SSSR count). The highest BCUT2D eigenvalue weighted by atomic mass is 16.5. The van der Waals surface area contributed by atoms with Gasteiger partial charge in [-0.25, -0.2) is 0 Å². The summed E-state index contributed by atoms with van der Waals surface area (Å²) < 4.78 is 11.2. The minimum Gasteiger partial charge on any atom is -0.508 e. The molecule has 0 saturated heterocycles. The molecule has 0 radical (unpaired) electrons. The molecule has 1 aliphatic rings. The highest BCUT2D eigenvalue weighted by Gasteiger charge is 2.27. The second kappa shape index (κ2) is 13.0. The number of aliphatic hydroxyl groups excluding tert-OH is 2. The van der Waals surface area contributed by atoms with E-state index in [0.717, 1.165) is 11.1 Å². The third-order valence-corrected chi connectivity index (χ3v) is 6.58. The number of hydrogen-bond donors (Lipinski definition) is 4. The van der Waals surface area contributed by atoms with Gasteiger partial charge in [0, 0.05) is 37.5 Å². The van der Waals surface area contributed by atoms with Crippen molar-refractivity contribution in [3.05, 3.63) is 47.1 Å². The zero-order chi connectivity index (χ0) is 25.4. The number of phenolic OH excluding ortho intramolecular Hbond substituents is 1. The van der Waals surface area contributed by atoms with Crippen LogP contribution in [0, 0.1) is 11.8 Å². The predicted octanol–water partition coefficient (Wildman–Crippen LogP) is 3.97. The van der Waals surface area contributed by atoms with Crippen LogP contribution in [0.2, 0.25) is 0 Å². The fourth-order valence-corrected chi connectivity index (χ4v) is 4.56. The number of hydrogen-bond acceptors (Lipinski definition) is 6. The lowest BCUT2D eigenvalue weighted by molar-refractivity contribution is -0.112. The number of anilines is 1. The monoisotopic (exact) mass is 475 g/mol. The highest BCUT2D eigenvalue weighted by Crippen LogP contribution is 2.27. The molecule has 7 heteroatoms. The Labute approximate surface area is 203 Å². The minimum absolute atomic E-state index is 0.0852. The van der Waals surface area contributed by atoms with Crippen molar-refractivity contribution in [3.63, 3.8) is 0 Å². The molecule has 1 heterocycles. The topological polar surface area (TPSA) is 108 Å². The number of aromatic hydroxyl groups is 1. The molecular formula is C27H41NO6. The van der Waals surface area contributed by atoms with E-state index in [-0.39, 0.29) is 23.5 Å². The Bertz CT molecular complexity index is 880. The van der Waals surface area contributed by atoms with E-state index in [1.807, 2.05) is 32.1 Å². The number of rotatable bonds is 2. The van der Waals surface area contributed by atoms with Crippen molar-refractivity contribution in [1.82, 2.24) is 0 Å². The average molecular weight is 476 g/mol. The number of amides is 1. The molecule has 0 saturated carbocycles. The number of ether oxygens (including phenoxy) is 2. The van der Waals surface area contributed by atoms with Crippen LogP contribution in [-0.2, 0) is 20.7 Å². The highest BCUT2D eigenvalue weighted by molar-refractivity contribution is 6.03. The van der Waals surface area contributed by atoms with Gasteiger partial charge >= 0.3 is 0 Å². The summed E-state index contributed by atoms with van der Waals surface area (Å²) >= 11 is 0. The van der Waals surface area contributed by atoms with Crippen molar-refractivity contribution in [3.8, 4) is 5.75 Å². The van der Waals surface area contributed by atoms with Gasteiger partial charge in [0.15, 0.2) is 0 Å². The summed E-state index contributed by atoms with van der Waals surface area (Å²) in [6.07, 6.45) is 3.62. The predicted molar refractivity (Wildman–Crippen MR) is 134 cm³/mol. The number of phenols is 1. The fraction of sp³-hybridized carbons (Fsp3) is 0.593. The summed E-state index contributed by atoms with van der Waals surface area (Å²) in [7, 11) is 3.15. The first kappa shape index (κ1) is 28.1. The molecule has 2 bridgehead atoms. The molecule has 190 valence electrons. The molecule has 34 heavy (non-hydrogen) atoms. The number of allylic oxidation sites excluding steroid dienone is 1. The maximum absolute atomic E-state index is 12.7. The van der Waals surface area contributed by atoms with Crippen LogP contribution >= 0.6 is 0 Å². The average Bonchev–Trinajstić information content (AvgIpc) is 2.78. The SMILES string of the molecule is CO[C@H]1C[C@H](C)Cc2cc(O)cc(c2)NC(=O)/C(C)=C\CC[C@H](OC)[C@H](O)/C(C)=C\[C@H](C)[C@H]1O. The summed E-state index contributed by atoms with van der Waals surface area (Å²) in [6, 6.07) is 5.08. The van der Waals surface area contributed by atoms with Crippen LogP contribution in [0.5, 0.6) is 5.75 Å². The Kier molecular flexibility index (Phi) is 10.8. The van der Waals surface area contributed by atoms with Crippen molar-refractivity contribution in [1.29, 1.82) is 0 Å². The molecule has 0 aromatic heterocycles. The Hall–Kier alpha value is -2.19. The molecule has 0 fully saturated rings. The van der Waals surface area contributed by atoms with E-state index in [9.17, 15) is 20.1 Å². The van der Waals surface area contributed by atoms with Gasteiger partial charge in [0.1, 0.15) is 11.9 Å². The Morgan fingerprint density at radius 1 is 1.03 bits per heavy atom.